The number of hydrogen-bond acceptors (Lipinski definition) is 3. The van der Waals surface area contributed by atoms with E-state index >= 15 is 0 Å². The summed E-state index contributed by atoms with van der Waals surface area (Å²) >= 11 is 0. The standard InChI is InChI=1S/C8H6BF3N2O2/c10-8(11,12)7-6-4(9(15)16)2-1-3-5(6)13-14-7/h1-3,15-16H,(H,13,14). The Morgan fingerprint density at radius 3 is 2.50 bits per heavy atom. The van der Waals surface area contributed by atoms with E-state index in [1.807, 2.05) is 5.10 Å². The van der Waals surface area contributed by atoms with Crippen LogP contribution in [0, 0.1) is 0 Å². The fourth-order valence-electron chi connectivity index (χ4n) is 1.52. The Morgan fingerprint density at radius 1 is 1.25 bits per heavy atom. The van der Waals surface area contributed by atoms with Crippen LogP contribution in [-0.2, 0) is 6.18 Å². The van der Waals surface area contributed by atoms with Crippen LogP contribution in [0.1, 0.15) is 5.69 Å². The Hall–Kier alpha value is -1.54. The minimum Gasteiger partial charge on any atom is -0.423 e. The van der Waals surface area contributed by atoms with Gasteiger partial charge in [0.1, 0.15) is 5.69 Å². The third kappa shape index (κ3) is 1.65. The van der Waals surface area contributed by atoms with Crippen LogP contribution < -0.4 is 5.46 Å². The third-order valence-electron chi connectivity index (χ3n) is 2.17. The van der Waals surface area contributed by atoms with E-state index in [0.717, 1.165) is 0 Å². The smallest absolute Gasteiger partial charge is 0.423 e. The average Bonchev–Trinajstić information content (AvgIpc) is 2.59. The molecule has 0 saturated heterocycles. The highest BCUT2D eigenvalue weighted by molar-refractivity contribution is 6.62. The average molecular weight is 230 g/mol. The molecule has 1 aromatic carbocycles. The molecule has 0 amide bonds. The summed E-state index contributed by atoms with van der Waals surface area (Å²) in [6.45, 7) is 0. The molecule has 16 heavy (non-hydrogen) atoms. The van der Waals surface area contributed by atoms with E-state index in [4.69, 9.17) is 10.0 Å². The quantitative estimate of drug-likeness (QED) is 0.615. The molecule has 0 fully saturated rings. The maximum Gasteiger partial charge on any atom is 0.489 e. The van der Waals surface area contributed by atoms with Crippen molar-refractivity contribution < 1.29 is 23.2 Å². The number of nitrogens with zero attached hydrogens (tertiary/aromatic N) is 1. The molecule has 1 aromatic heterocycles. The fourth-order valence-corrected chi connectivity index (χ4v) is 1.52. The van der Waals surface area contributed by atoms with Gasteiger partial charge in [-0.3, -0.25) is 5.10 Å². The van der Waals surface area contributed by atoms with Gasteiger partial charge in [-0.1, -0.05) is 12.1 Å². The summed E-state index contributed by atoms with van der Waals surface area (Å²) in [4.78, 5) is 0. The molecule has 0 atom stereocenters. The largest absolute Gasteiger partial charge is 0.489 e. The lowest BCUT2D eigenvalue weighted by molar-refractivity contribution is -0.139. The molecule has 4 nitrogen and oxygen atoms in total. The number of aromatic nitrogens is 2. The molecule has 0 radical (unpaired) electrons. The first kappa shape index (κ1) is 11.0. The molecule has 0 aliphatic rings. The van der Waals surface area contributed by atoms with Crippen molar-refractivity contribution in [2.45, 2.75) is 6.18 Å². The lowest BCUT2D eigenvalue weighted by atomic mass is 9.77. The number of alkyl halides is 3. The number of fused-ring (bicyclic) bond motifs is 1. The molecule has 3 N–H and O–H groups in total. The Morgan fingerprint density at radius 2 is 1.94 bits per heavy atom. The van der Waals surface area contributed by atoms with Gasteiger partial charge in [0.25, 0.3) is 0 Å². The number of benzene rings is 1. The van der Waals surface area contributed by atoms with Gasteiger partial charge < -0.3 is 10.0 Å². The molecule has 8 heteroatoms. The van der Waals surface area contributed by atoms with Crippen LogP contribution in [0.15, 0.2) is 18.2 Å². The number of hydrogen-bond donors (Lipinski definition) is 3. The maximum absolute atomic E-state index is 12.6. The minimum absolute atomic E-state index is 0.0397. The molecule has 0 unspecified atom stereocenters. The highest BCUT2D eigenvalue weighted by Crippen LogP contribution is 2.32. The summed E-state index contributed by atoms with van der Waals surface area (Å²) < 4.78 is 37.7. The Balaban J connectivity index is 2.78. The zero-order valence-corrected chi connectivity index (χ0v) is 7.78. The predicted molar refractivity (Wildman–Crippen MR) is 50.9 cm³/mol. The third-order valence-corrected chi connectivity index (χ3v) is 2.17. The van der Waals surface area contributed by atoms with E-state index < -0.39 is 19.0 Å². The summed E-state index contributed by atoms with van der Waals surface area (Å²) in [5.41, 5.74) is -1.26. The van der Waals surface area contributed by atoms with Gasteiger partial charge in [-0.25, -0.2) is 0 Å². The van der Waals surface area contributed by atoms with Crippen molar-refractivity contribution in [3.8, 4) is 0 Å². The molecule has 0 aliphatic heterocycles. The Kier molecular flexibility index (Phi) is 2.40. The van der Waals surface area contributed by atoms with Crippen molar-refractivity contribution in [3.63, 3.8) is 0 Å². The molecule has 2 rings (SSSR count). The van der Waals surface area contributed by atoms with Gasteiger partial charge in [-0.15, -0.1) is 0 Å². The van der Waals surface area contributed by atoms with E-state index in [2.05, 4.69) is 5.10 Å². The molecule has 0 aliphatic carbocycles. The molecule has 1 heterocycles. The van der Waals surface area contributed by atoms with Crippen LogP contribution in [-0.4, -0.2) is 27.4 Å². The fraction of sp³-hybridized carbons (Fsp3) is 0.125. The molecule has 2 aromatic rings. The predicted octanol–water partition coefficient (Wildman–Crippen LogP) is 0.261. The van der Waals surface area contributed by atoms with Gasteiger partial charge in [0.2, 0.25) is 0 Å². The lowest BCUT2D eigenvalue weighted by Gasteiger charge is -2.06. The number of halogens is 3. The van der Waals surface area contributed by atoms with E-state index in [1.54, 1.807) is 0 Å². The van der Waals surface area contributed by atoms with Gasteiger partial charge >= 0.3 is 13.3 Å². The normalized spacial score (nSPS) is 12.1. The Bertz CT molecular complexity index is 523. The van der Waals surface area contributed by atoms with E-state index in [9.17, 15) is 13.2 Å². The minimum atomic E-state index is -4.61. The van der Waals surface area contributed by atoms with Crippen molar-refractivity contribution in [1.82, 2.24) is 10.2 Å². The van der Waals surface area contributed by atoms with Crippen LogP contribution in [0.3, 0.4) is 0 Å². The molecule has 0 bridgehead atoms. The second kappa shape index (κ2) is 3.50. The zero-order chi connectivity index (χ0) is 11.9. The highest BCUT2D eigenvalue weighted by Gasteiger charge is 2.36. The first-order chi connectivity index (χ1) is 7.41. The van der Waals surface area contributed by atoms with Crippen molar-refractivity contribution in [1.29, 1.82) is 0 Å². The number of nitrogens with one attached hydrogen (secondary N) is 1. The summed E-state index contributed by atoms with van der Waals surface area (Å²) in [5, 5.41) is 23.0. The number of rotatable bonds is 1. The molecular formula is C8H6BF3N2O2. The summed E-state index contributed by atoms with van der Waals surface area (Å²) in [6.07, 6.45) is -4.61. The van der Waals surface area contributed by atoms with Gasteiger partial charge in [-0.2, -0.15) is 18.3 Å². The van der Waals surface area contributed by atoms with Crippen LogP contribution in [0.5, 0.6) is 0 Å². The van der Waals surface area contributed by atoms with Crippen molar-refractivity contribution in [2.24, 2.45) is 0 Å². The Labute approximate surface area is 87.9 Å². The van der Waals surface area contributed by atoms with Crippen molar-refractivity contribution in [3.05, 3.63) is 23.9 Å². The number of aromatic amines is 1. The van der Waals surface area contributed by atoms with Gasteiger partial charge in [0.05, 0.1) is 5.52 Å². The first-order valence-corrected chi connectivity index (χ1v) is 4.31. The highest BCUT2D eigenvalue weighted by atomic mass is 19.4. The van der Waals surface area contributed by atoms with Crippen LogP contribution in [0.25, 0.3) is 10.9 Å². The molecule has 0 spiro atoms. The van der Waals surface area contributed by atoms with Gasteiger partial charge in [0.15, 0.2) is 0 Å². The zero-order valence-electron chi connectivity index (χ0n) is 7.78. The SMILES string of the molecule is OB(O)c1cccc2n[nH]c(C(F)(F)F)c12. The van der Waals surface area contributed by atoms with E-state index in [0.29, 0.717) is 0 Å². The van der Waals surface area contributed by atoms with Crippen LogP contribution >= 0.6 is 0 Å². The molecular weight excluding hydrogens is 224 g/mol. The second-order valence-corrected chi connectivity index (χ2v) is 3.21. The summed E-state index contributed by atoms with van der Waals surface area (Å²) in [7, 11) is -1.97. The summed E-state index contributed by atoms with van der Waals surface area (Å²) in [6, 6.07) is 3.96. The number of H-pyrrole nitrogens is 1. The summed E-state index contributed by atoms with van der Waals surface area (Å²) in [5.74, 6) is 0. The molecule has 84 valence electrons. The van der Waals surface area contributed by atoms with Gasteiger partial charge in [-0.05, 0) is 11.5 Å². The molecule has 0 saturated carbocycles. The van der Waals surface area contributed by atoms with Crippen molar-refractivity contribution >= 4 is 23.5 Å². The van der Waals surface area contributed by atoms with E-state index in [1.165, 1.54) is 18.2 Å². The topological polar surface area (TPSA) is 69.1 Å². The maximum atomic E-state index is 12.6. The van der Waals surface area contributed by atoms with Crippen LogP contribution in [0.2, 0.25) is 0 Å². The lowest BCUT2D eigenvalue weighted by Crippen LogP contribution is -2.31. The monoisotopic (exact) mass is 230 g/mol. The van der Waals surface area contributed by atoms with Crippen molar-refractivity contribution in [2.75, 3.05) is 0 Å². The van der Waals surface area contributed by atoms with E-state index in [-0.39, 0.29) is 16.4 Å². The first-order valence-electron chi connectivity index (χ1n) is 4.31. The van der Waals surface area contributed by atoms with Crippen LogP contribution in [0.4, 0.5) is 13.2 Å². The van der Waals surface area contributed by atoms with Gasteiger partial charge in [0, 0.05) is 5.39 Å². The second-order valence-electron chi connectivity index (χ2n) is 3.21.